The number of nitrogens with one attached hydrogen (secondary N) is 2. The molecule has 0 saturated carbocycles. The molecule has 2 heterocycles. The third-order valence-corrected chi connectivity index (χ3v) is 3.89. The van der Waals surface area contributed by atoms with E-state index in [1.165, 1.54) is 11.1 Å². The van der Waals surface area contributed by atoms with Gasteiger partial charge in [0.25, 0.3) is 0 Å². The third-order valence-electron chi connectivity index (χ3n) is 3.89. The summed E-state index contributed by atoms with van der Waals surface area (Å²) in [4.78, 5) is 16.7. The molecule has 1 aliphatic rings. The van der Waals surface area contributed by atoms with Crippen molar-refractivity contribution in [2.75, 3.05) is 0 Å². The number of aromatic nitrogens is 1. The number of amides is 1. The largest absolute Gasteiger partial charge is 0.347 e. The second-order valence-electron chi connectivity index (χ2n) is 5.39. The molecule has 0 aliphatic carbocycles. The average Bonchev–Trinajstić information content (AvgIpc) is 2.55. The van der Waals surface area contributed by atoms with Crippen molar-refractivity contribution in [1.29, 1.82) is 0 Å². The summed E-state index contributed by atoms with van der Waals surface area (Å²) in [5.74, 6) is 0.0302. The lowest BCUT2D eigenvalue weighted by atomic mass is 9.95. The van der Waals surface area contributed by atoms with Crippen molar-refractivity contribution < 1.29 is 4.79 Å². The van der Waals surface area contributed by atoms with Crippen LogP contribution in [0.15, 0.2) is 48.7 Å². The van der Waals surface area contributed by atoms with Crippen LogP contribution >= 0.6 is 0 Å². The minimum atomic E-state index is -0.175. The van der Waals surface area contributed by atoms with Gasteiger partial charge in [0.05, 0.1) is 17.8 Å². The van der Waals surface area contributed by atoms with E-state index in [1.54, 1.807) is 6.20 Å². The molecule has 0 bridgehead atoms. The molecule has 4 heteroatoms. The summed E-state index contributed by atoms with van der Waals surface area (Å²) in [7, 11) is 0. The zero-order valence-electron chi connectivity index (χ0n) is 12.0. The summed E-state index contributed by atoms with van der Waals surface area (Å²) >= 11 is 0. The molecule has 1 aromatic carbocycles. The number of pyridine rings is 1. The average molecular weight is 281 g/mol. The maximum absolute atomic E-state index is 12.4. The molecule has 1 aliphatic heterocycles. The fourth-order valence-corrected chi connectivity index (χ4v) is 2.66. The van der Waals surface area contributed by atoms with Crippen LogP contribution in [0.4, 0.5) is 0 Å². The van der Waals surface area contributed by atoms with Gasteiger partial charge < -0.3 is 10.6 Å². The van der Waals surface area contributed by atoms with Crippen LogP contribution in [0.2, 0.25) is 0 Å². The van der Waals surface area contributed by atoms with Gasteiger partial charge in [-0.2, -0.15) is 0 Å². The highest BCUT2D eigenvalue weighted by molar-refractivity contribution is 5.82. The number of carbonyl (C=O) groups excluding carboxylic acids is 1. The van der Waals surface area contributed by atoms with Crippen LogP contribution in [-0.4, -0.2) is 16.9 Å². The number of benzene rings is 1. The molecule has 0 fully saturated rings. The Kier molecular flexibility index (Phi) is 3.97. The number of hydrogen-bond acceptors (Lipinski definition) is 3. The highest BCUT2D eigenvalue weighted by Crippen LogP contribution is 2.17. The van der Waals surface area contributed by atoms with Crippen molar-refractivity contribution in [2.24, 2.45) is 0 Å². The fourth-order valence-electron chi connectivity index (χ4n) is 2.66. The van der Waals surface area contributed by atoms with Gasteiger partial charge in [-0.15, -0.1) is 0 Å². The summed E-state index contributed by atoms with van der Waals surface area (Å²) in [6.45, 7) is 2.70. The maximum Gasteiger partial charge on any atom is 0.238 e. The molecule has 1 aromatic heterocycles. The highest BCUT2D eigenvalue weighted by Gasteiger charge is 2.25. The Morgan fingerprint density at radius 2 is 2.00 bits per heavy atom. The van der Waals surface area contributed by atoms with E-state index in [0.29, 0.717) is 0 Å². The smallest absolute Gasteiger partial charge is 0.238 e. The summed E-state index contributed by atoms with van der Waals surface area (Å²) in [6, 6.07) is 13.7. The lowest BCUT2D eigenvalue weighted by molar-refractivity contribution is -0.124. The van der Waals surface area contributed by atoms with Gasteiger partial charge in [0.15, 0.2) is 0 Å². The van der Waals surface area contributed by atoms with E-state index in [9.17, 15) is 4.79 Å². The van der Waals surface area contributed by atoms with Crippen LogP contribution in [-0.2, 0) is 17.8 Å². The normalized spacial score (nSPS) is 18.6. The number of nitrogens with zero attached hydrogens (tertiary/aromatic N) is 1. The Morgan fingerprint density at radius 3 is 2.76 bits per heavy atom. The first kappa shape index (κ1) is 13.8. The SMILES string of the molecule is C[C@H](NC(=O)[C@H]1Cc2ccccc2CN1)c1ccccn1. The van der Waals surface area contributed by atoms with Crippen molar-refractivity contribution in [3.05, 3.63) is 65.5 Å². The van der Waals surface area contributed by atoms with Crippen molar-refractivity contribution in [2.45, 2.75) is 32.0 Å². The van der Waals surface area contributed by atoms with Crippen LogP contribution in [0.25, 0.3) is 0 Å². The molecular formula is C17H19N3O. The summed E-state index contributed by atoms with van der Waals surface area (Å²) in [5, 5.41) is 6.33. The number of carbonyl (C=O) groups is 1. The lowest BCUT2D eigenvalue weighted by Gasteiger charge is -2.26. The molecule has 4 nitrogen and oxygen atoms in total. The third kappa shape index (κ3) is 3.11. The molecular weight excluding hydrogens is 262 g/mol. The van der Waals surface area contributed by atoms with E-state index >= 15 is 0 Å². The van der Waals surface area contributed by atoms with E-state index in [4.69, 9.17) is 0 Å². The van der Waals surface area contributed by atoms with Gasteiger partial charge >= 0.3 is 0 Å². The molecule has 0 radical (unpaired) electrons. The first-order valence-electron chi connectivity index (χ1n) is 7.25. The topological polar surface area (TPSA) is 54.0 Å². The first-order valence-corrected chi connectivity index (χ1v) is 7.25. The van der Waals surface area contributed by atoms with E-state index in [2.05, 4.69) is 27.8 Å². The van der Waals surface area contributed by atoms with Crippen molar-refractivity contribution in [3.63, 3.8) is 0 Å². The molecule has 2 N–H and O–H groups in total. The number of rotatable bonds is 3. The number of hydrogen-bond donors (Lipinski definition) is 2. The van der Waals surface area contributed by atoms with Crippen molar-refractivity contribution >= 4 is 5.91 Å². The van der Waals surface area contributed by atoms with Crippen LogP contribution in [0, 0.1) is 0 Å². The molecule has 0 spiro atoms. The van der Waals surface area contributed by atoms with Crippen LogP contribution in [0.1, 0.15) is 29.8 Å². The summed E-state index contributed by atoms with van der Waals surface area (Å²) in [5.41, 5.74) is 3.41. The van der Waals surface area contributed by atoms with Gasteiger partial charge in [-0.05, 0) is 36.6 Å². The van der Waals surface area contributed by atoms with Crippen LogP contribution < -0.4 is 10.6 Å². The van der Waals surface area contributed by atoms with Gasteiger partial charge in [-0.1, -0.05) is 30.3 Å². The van der Waals surface area contributed by atoms with E-state index < -0.39 is 0 Å². The standard InChI is InChI=1S/C17H19N3O/c1-12(15-8-4-5-9-18-15)20-17(21)16-10-13-6-2-3-7-14(13)11-19-16/h2-9,12,16,19H,10-11H2,1H3,(H,20,21)/t12-,16+/m0/s1. The molecule has 0 unspecified atom stereocenters. The molecule has 1 amide bonds. The van der Waals surface area contributed by atoms with Gasteiger partial charge in [0.1, 0.15) is 0 Å². The summed E-state index contributed by atoms with van der Waals surface area (Å²) < 4.78 is 0. The Morgan fingerprint density at radius 1 is 1.24 bits per heavy atom. The lowest BCUT2D eigenvalue weighted by Crippen LogP contribution is -2.48. The zero-order chi connectivity index (χ0) is 14.7. The number of fused-ring (bicyclic) bond motifs is 1. The van der Waals surface area contributed by atoms with E-state index in [-0.39, 0.29) is 18.0 Å². The fraction of sp³-hybridized carbons (Fsp3) is 0.294. The monoisotopic (exact) mass is 281 g/mol. The molecule has 2 aromatic rings. The Balaban J connectivity index is 1.65. The molecule has 3 rings (SSSR count). The minimum Gasteiger partial charge on any atom is -0.347 e. The molecule has 108 valence electrons. The van der Waals surface area contributed by atoms with Gasteiger partial charge in [-0.25, -0.2) is 0 Å². The van der Waals surface area contributed by atoms with Gasteiger partial charge in [0, 0.05) is 12.7 Å². The second-order valence-corrected chi connectivity index (χ2v) is 5.39. The Hall–Kier alpha value is -2.20. The van der Waals surface area contributed by atoms with E-state index in [0.717, 1.165) is 18.7 Å². The highest BCUT2D eigenvalue weighted by atomic mass is 16.2. The van der Waals surface area contributed by atoms with Crippen molar-refractivity contribution in [1.82, 2.24) is 15.6 Å². The Bertz CT molecular complexity index is 627. The predicted molar refractivity (Wildman–Crippen MR) is 81.6 cm³/mol. The quantitative estimate of drug-likeness (QED) is 0.904. The zero-order valence-corrected chi connectivity index (χ0v) is 12.0. The van der Waals surface area contributed by atoms with Crippen LogP contribution in [0.5, 0.6) is 0 Å². The Labute approximate surface area is 124 Å². The van der Waals surface area contributed by atoms with Gasteiger partial charge in [-0.3, -0.25) is 9.78 Å². The van der Waals surface area contributed by atoms with Crippen molar-refractivity contribution in [3.8, 4) is 0 Å². The molecule has 21 heavy (non-hydrogen) atoms. The van der Waals surface area contributed by atoms with E-state index in [1.807, 2.05) is 37.3 Å². The maximum atomic E-state index is 12.4. The van der Waals surface area contributed by atoms with Crippen LogP contribution in [0.3, 0.4) is 0 Å². The molecule has 0 saturated heterocycles. The first-order chi connectivity index (χ1) is 10.2. The summed E-state index contributed by atoms with van der Waals surface area (Å²) in [6.07, 6.45) is 2.48. The molecule has 2 atom stereocenters. The van der Waals surface area contributed by atoms with Gasteiger partial charge in [0.2, 0.25) is 5.91 Å². The second kappa shape index (κ2) is 6.06. The predicted octanol–water partition coefficient (Wildman–Crippen LogP) is 1.97. The minimum absolute atomic E-state index is 0.0302.